The van der Waals surface area contributed by atoms with E-state index in [2.05, 4.69) is 4.98 Å². The highest BCUT2D eigenvalue weighted by atomic mass is 16.1. The Morgan fingerprint density at radius 2 is 2.06 bits per heavy atom. The molecule has 4 heteroatoms. The normalized spacial score (nSPS) is 18.6. The maximum atomic E-state index is 12.4. The minimum absolute atomic E-state index is 0.0481. The molecule has 16 heavy (non-hydrogen) atoms. The van der Waals surface area contributed by atoms with Crippen LogP contribution >= 0.6 is 0 Å². The molecule has 1 aliphatic carbocycles. The average molecular weight is 219 g/mol. The highest BCUT2D eigenvalue weighted by Gasteiger charge is 2.38. The largest absolute Gasteiger partial charge is 0.383 e. The van der Waals surface area contributed by atoms with Gasteiger partial charge in [-0.15, -0.1) is 0 Å². The van der Waals surface area contributed by atoms with Crippen molar-refractivity contribution in [3.05, 3.63) is 23.4 Å². The van der Waals surface area contributed by atoms with Crippen LogP contribution in [0.25, 0.3) is 0 Å². The Morgan fingerprint density at radius 3 is 2.62 bits per heavy atom. The minimum Gasteiger partial charge on any atom is -0.383 e. The molecule has 4 N–H and O–H groups in total. The van der Waals surface area contributed by atoms with Gasteiger partial charge in [0.25, 0.3) is 0 Å². The summed E-state index contributed by atoms with van der Waals surface area (Å²) >= 11 is 0. The Kier molecular flexibility index (Phi) is 2.68. The predicted octanol–water partition coefficient (Wildman–Crippen LogP) is 1.43. The molecule has 1 saturated carbocycles. The number of nitrogen functional groups attached to an aromatic ring is 1. The summed E-state index contributed by atoms with van der Waals surface area (Å²) in [7, 11) is 0. The third-order valence-corrected chi connectivity index (χ3v) is 3.36. The van der Waals surface area contributed by atoms with Gasteiger partial charge in [-0.2, -0.15) is 0 Å². The molecule has 2 rings (SSSR count). The molecule has 0 amide bonds. The molecule has 0 aliphatic heterocycles. The van der Waals surface area contributed by atoms with Crippen LogP contribution in [0.1, 0.15) is 41.6 Å². The van der Waals surface area contributed by atoms with Crippen LogP contribution in [0, 0.1) is 6.92 Å². The third-order valence-electron chi connectivity index (χ3n) is 3.36. The lowest BCUT2D eigenvalue weighted by atomic mass is 9.87. The van der Waals surface area contributed by atoms with Crippen molar-refractivity contribution in [1.82, 2.24) is 4.98 Å². The van der Waals surface area contributed by atoms with Gasteiger partial charge in [-0.1, -0.05) is 12.8 Å². The van der Waals surface area contributed by atoms with E-state index in [1.807, 2.05) is 6.92 Å². The number of rotatable bonds is 2. The van der Waals surface area contributed by atoms with Crippen LogP contribution in [0.3, 0.4) is 0 Å². The van der Waals surface area contributed by atoms with Gasteiger partial charge in [-0.3, -0.25) is 4.79 Å². The molecular formula is C12H17N3O. The number of nitrogens with two attached hydrogens (primary N) is 2. The molecule has 0 saturated heterocycles. The van der Waals surface area contributed by atoms with Gasteiger partial charge >= 0.3 is 0 Å². The number of anilines is 1. The number of aromatic nitrogens is 1. The van der Waals surface area contributed by atoms with Crippen molar-refractivity contribution in [3.8, 4) is 0 Å². The smallest absolute Gasteiger partial charge is 0.186 e. The molecule has 0 bridgehead atoms. The molecule has 0 aromatic carbocycles. The van der Waals surface area contributed by atoms with Gasteiger partial charge in [0.15, 0.2) is 5.78 Å². The lowest BCUT2D eigenvalue weighted by molar-refractivity contribution is 0.0892. The summed E-state index contributed by atoms with van der Waals surface area (Å²) in [6.07, 6.45) is 5.14. The first-order valence-corrected chi connectivity index (χ1v) is 5.59. The zero-order valence-corrected chi connectivity index (χ0v) is 9.49. The fourth-order valence-electron chi connectivity index (χ4n) is 2.36. The van der Waals surface area contributed by atoms with E-state index in [4.69, 9.17) is 11.5 Å². The second-order valence-corrected chi connectivity index (χ2v) is 4.58. The summed E-state index contributed by atoms with van der Waals surface area (Å²) in [6.45, 7) is 1.86. The monoisotopic (exact) mass is 219 g/mol. The molecule has 0 unspecified atom stereocenters. The second kappa shape index (κ2) is 3.87. The molecule has 1 heterocycles. The number of hydrogen-bond acceptors (Lipinski definition) is 4. The maximum absolute atomic E-state index is 12.4. The van der Waals surface area contributed by atoms with E-state index in [9.17, 15) is 4.79 Å². The van der Waals surface area contributed by atoms with E-state index >= 15 is 0 Å². The van der Waals surface area contributed by atoms with Gasteiger partial charge in [-0.25, -0.2) is 4.98 Å². The Bertz CT molecular complexity index is 402. The van der Waals surface area contributed by atoms with Gasteiger partial charge in [0, 0.05) is 6.20 Å². The summed E-state index contributed by atoms with van der Waals surface area (Å²) in [5, 5.41) is 0. The van der Waals surface area contributed by atoms with Gasteiger partial charge in [0.2, 0.25) is 0 Å². The van der Waals surface area contributed by atoms with Crippen molar-refractivity contribution >= 4 is 11.6 Å². The molecule has 4 nitrogen and oxygen atoms in total. The Labute approximate surface area is 95.0 Å². The van der Waals surface area contributed by atoms with Gasteiger partial charge in [0.05, 0.1) is 11.1 Å². The van der Waals surface area contributed by atoms with Crippen molar-refractivity contribution in [2.75, 3.05) is 5.73 Å². The number of pyridine rings is 1. The zero-order valence-electron chi connectivity index (χ0n) is 9.49. The van der Waals surface area contributed by atoms with E-state index in [-0.39, 0.29) is 5.78 Å². The molecule has 0 spiro atoms. The average Bonchev–Trinajstić information content (AvgIpc) is 2.66. The number of nitrogens with zero attached hydrogens (tertiary/aromatic N) is 1. The van der Waals surface area contributed by atoms with E-state index in [0.717, 1.165) is 31.2 Å². The van der Waals surface area contributed by atoms with E-state index < -0.39 is 5.54 Å². The van der Waals surface area contributed by atoms with Crippen LogP contribution in [0.4, 0.5) is 5.82 Å². The third kappa shape index (κ3) is 1.69. The first kappa shape index (κ1) is 11.1. The predicted molar refractivity (Wildman–Crippen MR) is 63.1 cm³/mol. The highest BCUT2D eigenvalue weighted by molar-refractivity contribution is 6.07. The number of Topliss-reactive ketones (excluding diaryl/α,β-unsaturated/α-hetero) is 1. The molecule has 1 aliphatic rings. The number of hydrogen-bond donors (Lipinski definition) is 2. The maximum Gasteiger partial charge on any atom is 0.186 e. The van der Waals surface area contributed by atoms with Crippen LogP contribution in [-0.2, 0) is 0 Å². The minimum atomic E-state index is -0.720. The first-order valence-electron chi connectivity index (χ1n) is 5.59. The SMILES string of the molecule is Cc1ccnc(N)c1C(=O)C1(N)CCCC1. The Hall–Kier alpha value is -1.42. The van der Waals surface area contributed by atoms with E-state index in [1.165, 1.54) is 0 Å². The summed E-state index contributed by atoms with van der Waals surface area (Å²) in [4.78, 5) is 16.3. The summed E-state index contributed by atoms with van der Waals surface area (Å²) in [5.74, 6) is 0.245. The summed E-state index contributed by atoms with van der Waals surface area (Å²) in [6, 6.07) is 1.79. The van der Waals surface area contributed by atoms with Gasteiger partial charge in [-0.05, 0) is 31.4 Å². The first-order chi connectivity index (χ1) is 7.54. The Balaban J connectivity index is 2.41. The van der Waals surface area contributed by atoms with Gasteiger partial charge in [0.1, 0.15) is 5.82 Å². The van der Waals surface area contributed by atoms with Crippen molar-refractivity contribution < 1.29 is 4.79 Å². The molecule has 1 fully saturated rings. The number of carbonyl (C=O) groups excluding carboxylic acids is 1. The van der Waals surface area contributed by atoms with Crippen LogP contribution in [0.2, 0.25) is 0 Å². The second-order valence-electron chi connectivity index (χ2n) is 4.58. The standard InChI is InChI=1S/C12H17N3O/c1-8-4-7-15-11(13)9(8)10(16)12(14)5-2-3-6-12/h4,7H,2-3,5-6,14H2,1H3,(H2,13,15). The van der Waals surface area contributed by atoms with Crippen molar-refractivity contribution in [2.24, 2.45) is 5.73 Å². The lowest BCUT2D eigenvalue weighted by Crippen LogP contribution is -2.45. The summed E-state index contributed by atoms with van der Waals surface area (Å²) < 4.78 is 0. The lowest BCUT2D eigenvalue weighted by Gasteiger charge is -2.23. The molecular weight excluding hydrogens is 202 g/mol. The van der Waals surface area contributed by atoms with Crippen LogP contribution < -0.4 is 11.5 Å². The van der Waals surface area contributed by atoms with Crippen molar-refractivity contribution in [3.63, 3.8) is 0 Å². The Morgan fingerprint density at radius 1 is 1.44 bits per heavy atom. The number of carbonyl (C=O) groups is 1. The van der Waals surface area contributed by atoms with Crippen molar-refractivity contribution in [2.45, 2.75) is 38.1 Å². The number of ketones is 1. The fraction of sp³-hybridized carbons (Fsp3) is 0.500. The van der Waals surface area contributed by atoms with E-state index in [0.29, 0.717) is 11.4 Å². The number of aryl methyl sites for hydroxylation is 1. The molecule has 86 valence electrons. The summed E-state index contributed by atoms with van der Waals surface area (Å²) in [5.41, 5.74) is 12.5. The zero-order chi connectivity index (χ0) is 11.8. The van der Waals surface area contributed by atoms with E-state index in [1.54, 1.807) is 12.3 Å². The quantitative estimate of drug-likeness (QED) is 0.737. The molecule has 0 atom stereocenters. The van der Waals surface area contributed by atoms with Gasteiger partial charge < -0.3 is 11.5 Å². The molecule has 1 aromatic heterocycles. The fourth-order valence-corrected chi connectivity index (χ4v) is 2.36. The topological polar surface area (TPSA) is 82.0 Å². The van der Waals surface area contributed by atoms with Crippen LogP contribution in [-0.4, -0.2) is 16.3 Å². The van der Waals surface area contributed by atoms with Crippen LogP contribution in [0.5, 0.6) is 0 Å². The molecule has 0 radical (unpaired) electrons. The molecule has 1 aromatic rings. The van der Waals surface area contributed by atoms with Crippen molar-refractivity contribution in [1.29, 1.82) is 0 Å². The highest BCUT2D eigenvalue weighted by Crippen LogP contribution is 2.32. The van der Waals surface area contributed by atoms with Crippen LogP contribution in [0.15, 0.2) is 12.3 Å².